The first-order valence-electron chi connectivity index (χ1n) is 11.2. The Hall–Kier alpha value is -3.11. The van der Waals surface area contributed by atoms with Crippen molar-refractivity contribution >= 4 is 17.6 Å². The lowest BCUT2D eigenvalue weighted by atomic mass is 10.0. The number of aliphatic hydroxyl groups excluding tert-OH is 1. The molecule has 5 rings (SSSR count). The molecule has 7 nitrogen and oxygen atoms in total. The lowest BCUT2D eigenvalue weighted by molar-refractivity contribution is -0.137. The van der Waals surface area contributed by atoms with Crippen LogP contribution < -0.4 is 5.32 Å². The van der Waals surface area contributed by atoms with Gasteiger partial charge in [0.15, 0.2) is 5.82 Å². The number of rotatable bonds is 5. The van der Waals surface area contributed by atoms with Gasteiger partial charge in [0.1, 0.15) is 6.33 Å². The number of carbonyl (C=O) groups excluding carboxylic acids is 1. The molecule has 2 aliphatic rings. The Bertz CT molecular complexity index is 1210. The number of likely N-dealkylation sites (tertiary alicyclic amines) is 1. The van der Waals surface area contributed by atoms with Gasteiger partial charge in [-0.25, -0.2) is 4.79 Å². The Balaban J connectivity index is 1.33. The molecule has 2 aromatic carbocycles. The van der Waals surface area contributed by atoms with E-state index in [-0.39, 0.29) is 6.54 Å². The van der Waals surface area contributed by atoms with Gasteiger partial charge in [0.05, 0.1) is 29.8 Å². The van der Waals surface area contributed by atoms with Crippen LogP contribution in [0, 0.1) is 0 Å². The standard InChI is InChI=1S/C24H23ClF3N5O2/c25-18-7-1-15(2-8-18)12-32-14-29-31-21(32)20-11-19(34)13-33(20)22(35)30-23(9-10-23)16-3-5-17(6-4-16)24(26,27)28/h1-8,14,19-20,34H,9-13H2,(H,30,35)/t19-,20-/m1/s1. The molecule has 0 bridgehead atoms. The normalized spacial score (nSPS) is 21.2. The predicted octanol–water partition coefficient (Wildman–Crippen LogP) is 4.51. The van der Waals surface area contributed by atoms with Crippen LogP contribution in [0.3, 0.4) is 0 Å². The van der Waals surface area contributed by atoms with E-state index in [0.29, 0.717) is 42.2 Å². The smallest absolute Gasteiger partial charge is 0.391 e. The molecule has 2 N–H and O–H groups in total. The van der Waals surface area contributed by atoms with Crippen molar-refractivity contribution in [3.63, 3.8) is 0 Å². The zero-order valence-corrected chi connectivity index (χ0v) is 19.3. The quantitative estimate of drug-likeness (QED) is 0.534. The molecule has 184 valence electrons. The lowest BCUT2D eigenvalue weighted by Gasteiger charge is -2.28. The van der Waals surface area contributed by atoms with E-state index >= 15 is 0 Å². The van der Waals surface area contributed by atoms with Gasteiger partial charge in [-0.05, 0) is 48.2 Å². The highest BCUT2D eigenvalue weighted by atomic mass is 35.5. The number of urea groups is 1. The minimum absolute atomic E-state index is 0.118. The molecule has 2 heterocycles. The molecule has 35 heavy (non-hydrogen) atoms. The fraction of sp³-hybridized carbons (Fsp3) is 0.375. The van der Waals surface area contributed by atoms with Crippen molar-refractivity contribution in [2.45, 2.75) is 49.7 Å². The molecule has 1 saturated carbocycles. The third kappa shape index (κ3) is 4.85. The SMILES string of the molecule is O=C(NC1(c2ccc(C(F)(F)F)cc2)CC1)N1C[C@H](O)C[C@@H]1c1nncn1Cc1ccc(Cl)cc1. The van der Waals surface area contributed by atoms with Gasteiger partial charge in [-0.1, -0.05) is 35.9 Å². The first kappa shape index (κ1) is 23.6. The van der Waals surface area contributed by atoms with Crippen LogP contribution in [0.15, 0.2) is 54.9 Å². The van der Waals surface area contributed by atoms with E-state index in [0.717, 1.165) is 17.7 Å². The summed E-state index contributed by atoms with van der Waals surface area (Å²) < 4.78 is 40.6. The molecular weight excluding hydrogens is 483 g/mol. The third-order valence-corrected chi connectivity index (χ3v) is 6.86. The van der Waals surface area contributed by atoms with Gasteiger partial charge < -0.3 is 19.9 Å². The van der Waals surface area contributed by atoms with Crippen LogP contribution in [-0.2, 0) is 18.3 Å². The Morgan fingerprint density at radius 3 is 2.46 bits per heavy atom. The maximum Gasteiger partial charge on any atom is 0.416 e. The summed E-state index contributed by atoms with van der Waals surface area (Å²) in [5.74, 6) is 0.547. The van der Waals surface area contributed by atoms with E-state index in [1.54, 1.807) is 18.5 Å². The van der Waals surface area contributed by atoms with E-state index < -0.39 is 35.5 Å². The summed E-state index contributed by atoms with van der Waals surface area (Å²) in [6.07, 6.45) is -2.02. The fourth-order valence-corrected chi connectivity index (χ4v) is 4.70. The maximum atomic E-state index is 13.3. The van der Waals surface area contributed by atoms with E-state index in [4.69, 9.17) is 11.6 Å². The van der Waals surface area contributed by atoms with Crippen LogP contribution in [0.5, 0.6) is 0 Å². The molecule has 0 unspecified atom stereocenters. The van der Waals surface area contributed by atoms with Gasteiger partial charge in [-0.2, -0.15) is 13.2 Å². The first-order chi connectivity index (χ1) is 16.6. The van der Waals surface area contributed by atoms with Gasteiger partial charge in [0.2, 0.25) is 0 Å². The molecule has 0 spiro atoms. The van der Waals surface area contributed by atoms with Crippen molar-refractivity contribution in [1.29, 1.82) is 0 Å². The lowest BCUT2D eigenvalue weighted by Crippen LogP contribution is -2.45. The highest BCUT2D eigenvalue weighted by molar-refractivity contribution is 6.30. The molecule has 1 aliphatic heterocycles. The Morgan fingerprint density at radius 1 is 1.14 bits per heavy atom. The minimum Gasteiger partial charge on any atom is -0.391 e. The van der Waals surface area contributed by atoms with Gasteiger partial charge in [-0.3, -0.25) is 0 Å². The number of benzene rings is 2. The number of hydrogen-bond donors (Lipinski definition) is 2. The monoisotopic (exact) mass is 505 g/mol. The molecule has 11 heteroatoms. The molecule has 2 atom stereocenters. The van der Waals surface area contributed by atoms with Crippen LogP contribution in [0.4, 0.5) is 18.0 Å². The van der Waals surface area contributed by atoms with E-state index in [2.05, 4.69) is 15.5 Å². The molecule has 1 aromatic heterocycles. The van der Waals surface area contributed by atoms with Crippen molar-refractivity contribution in [2.75, 3.05) is 6.54 Å². The van der Waals surface area contributed by atoms with Gasteiger partial charge >= 0.3 is 12.2 Å². The Labute approximate surface area is 204 Å². The average molecular weight is 506 g/mol. The van der Waals surface area contributed by atoms with Crippen LogP contribution in [0.1, 0.15) is 47.8 Å². The number of nitrogens with zero attached hydrogens (tertiary/aromatic N) is 4. The van der Waals surface area contributed by atoms with Crippen LogP contribution in [0.25, 0.3) is 0 Å². The summed E-state index contributed by atoms with van der Waals surface area (Å²) in [5.41, 5.74) is 0.160. The van der Waals surface area contributed by atoms with Crippen molar-refractivity contribution in [2.24, 2.45) is 0 Å². The number of halogens is 4. The van der Waals surface area contributed by atoms with Crippen molar-refractivity contribution in [3.8, 4) is 0 Å². The highest BCUT2D eigenvalue weighted by Crippen LogP contribution is 2.46. The van der Waals surface area contributed by atoms with Crippen LogP contribution in [-0.4, -0.2) is 43.5 Å². The summed E-state index contributed by atoms with van der Waals surface area (Å²) in [6, 6.07) is 11.3. The van der Waals surface area contributed by atoms with Crippen molar-refractivity contribution < 1.29 is 23.1 Å². The zero-order chi connectivity index (χ0) is 24.8. The summed E-state index contributed by atoms with van der Waals surface area (Å²) in [4.78, 5) is 14.8. The van der Waals surface area contributed by atoms with Crippen LogP contribution >= 0.6 is 11.6 Å². The second-order valence-electron chi connectivity index (χ2n) is 9.09. The minimum atomic E-state index is -4.42. The number of aromatic nitrogens is 3. The topological polar surface area (TPSA) is 83.3 Å². The molecular formula is C24H23ClF3N5O2. The van der Waals surface area contributed by atoms with Crippen molar-refractivity contribution in [3.05, 3.63) is 82.4 Å². The van der Waals surface area contributed by atoms with E-state index in [9.17, 15) is 23.1 Å². The molecule has 2 amide bonds. The van der Waals surface area contributed by atoms with Gasteiger partial charge in [0.25, 0.3) is 0 Å². The summed E-state index contributed by atoms with van der Waals surface area (Å²) >= 11 is 5.97. The third-order valence-electron chi connectivity index (χ3n) is 6.61. The van der Waals surface area contributed by atoms with Gasteiger partial charge in [-0.15, -0.1) is 10.2 Å². The molecule has 2 fully saturated rings. The largest absolute Gasteiger partial charge is 0.416 e. The van der Waals surface area contributed by atoms with E-state index in [1.165, 1.54) is 17.0 Å². The number of hydrogen-bond acceptors (Lipinski definition) is 4. The summed E-state index contributed by atoms with van der Waals surface area (Å²) in [5, 5.41) is 22.2. The van der Waals surface area contributed by atoms with Crippen molar-refractivity contribution in [1.82, 2.24) is 25.0 Å². The number of amides is 2. The Kier molecular flexibility index (Phi) is 5.96. The zero-order valence-electron chi connectivity index (χ0n) is 18.5. The second-order valence-corrected chi connectivity index (χ2v) is 9.52. The maximum absolute atomic E-state index is 13.3. The second kappa shape index (κ2) is 8.83. The molecule has 1 aliphatic carbocycles. The first-order valence-corrected chi connectivity index (χ1v) is 11.6. The Morgan fingerprint density at radius 2 is 1.83 bits per heavy atom. The summed E-state index contributed by atoms with van der Waals surface area (Å²) in [6.45, 7) is 0.588. The predicted molar refractivity (Wildman–Crippen MR) is 122 cm³/mol. The van der Waals surface area contributed by atoms with Crippen LogP contribution in [0.2, 0.25) is 5.02 Å². The molecule has 3 aromatic rings. The highest BCUT2D eigenvalue weighted by Gasteiger charge is 2.48. The van der Waals surface area contributed by atoms with E-state index in [1.807, 2.05) is 16.7 Å². The number of carbonyl (C=O) groups is 1. The summed E-state index contributed by atoms with van der Waals surface area (Å²) in [7, 11) is 0. The average Bonchev–Trinajstić information content (AvgIpc) is 3.27. The fourth-order valence-electron chi connectivity index (χ4n) is 4.58. The van der Waals surface area contributed by atoms with Gasteiger partial charge in [0, 0.05) is 18.0 Å². The molecule has 1 saturated heterocycles. The number of nitrogens with one attached hydrogen (secondary N) is 1. The number of aliphatic hydroxyl groups is 1. The number of alkyl halides is 3. The number of β-amino-alcohol motifs (C(OH)–C–C–N with tert-alkyl or cyclic N) is 1. The molecule has 0 radical (unpaired) electrons.